The third-order valence-electron chi connectivity index (χ3n) is 4.09. The Bertz CT molecular complexity index is 294. The van der Waals surface area contributed by atoms with E-state index in [-0.39, 0.29) is 0 Å². The standard InChI is InChI=1S/C14H23NS/c1-2-12-5-3-4-6-13(12)14(15)9-11-7-8-16-10-11/h7-8,10,12-14H,2-6,9,15H2,1H3. The van der Waals surface area contributed by atoms with Crippen LogP contribution in [0, 0.1) is 11.8 Å². The molecule has 1 nitrogen and oxygen atoms in total. The molecule has 1 aromatic rings. The highest BCUT2D eigenvalue weighted by Gasteiger charge is 2.28. The summed E-state index contributed by atoms with van der Waals surface area (Å²) in [7, 11) is 0. The summed E-state index contributed by atoms with van der Waals surface area (Å²) in [5.41, 5.74) is 7.84. The van der Waals surface area contributed by atoms with E-state index in [1.807, 2.05) is 0 Å². The minimum absolute atomic E-state index is 0.375. The van der Waals surface area contributed by atoms with Gasteiger partial charge in [0.1, 0.15) is 0 Å². The summed E-state index contributed by atoms with van der Waals surface area (Å²) in [4.78, 5) is 0. The fourth-order valence-electron chi connectivity index (χ4n) is 3.14. The highest BCUT2D eigenvalue weighted by Crippen LogP contribution is 2.34. The molecule has 0 radical (unpaired) electrons. The van der Waals surface area contributed by atoms with Crippen LogP contribution in [0.15, 0.2) is 16.8 Å². The largest absolute Gasteiger partial charge is 0.327 e. The summed E-state index contributed by atoms with van der Waals surface area (Å²) in [5.74, 6) is 1.64. The van der Waals surface area contributed by atoms with Gasteiger partial charge in [0.25, 0.3) is 0 Å². The van der Waals surface area contributed by atoms with Gasteiger partial charge in [-0.15, -0.1) is 0 Å². The van der Waals surface area contributed by atoms with Crippen molar-refractivity contribution >= 4 is 11.3 Å². The van der Waals surface area contributed by atoms with Crippen LogP contribution in [0.4, 0.5) is 0 Å². The van der Waals surface area contributed by atoms with Crippen LogP contribution in [0.5, 0.6) is 0 Å². The summed E-state index contributed by atoms with van der Waals surface area (Å²) in [5, 5.41) is 4.39. The summed E-state index contributed by atoms with van der Waals surface area (Å²) in [6.07, 6.45) is 7.94. The van der Waals surface area contributed by atoms with Crippen molar-refractivity contribution in [3.63, 3.8) is 0 Å². The van der Waals surface area contributed by atoms with Crippen LogP contribution < -0.4 is 5.73 Å². The molecular formula is C14H23NS. The number of rotatable bonds is 4. The Morgan fingerprint density at radius 3 is 2.94 bits per heavy atom. The van der Waals surface area contributed by atoms with Crippen LogP contribution in [0.3, 0.4) is 0 Å². The molecule has 1 aliphatic rings. The molecule has 2 rings (SSSR count). The molecule has 0 aliphatic heterocycles. The van der Waals surface area contributed by atoms with Gasteiger partial charge in [-0.3, -0.25) is 0 Å². The van der Waals surface area contributed by atoms with Crippen molar-refractivity contribution < 1.29 is 0 Å². The molecule has 1 saturated carbocycles. The average Bonchev–Trinajstić information content (AvgIpc) is 2.81. The van der Waals surface area contributed by atoms with Crippen molar-refractivity contribution in [2.45, 2.75) is 51.5 Å². The fourth-order valence-corrected chi connectivity index (χ4v) is 3.82. The summed E-state index contributed by atoms with van der Waals surface area (Å²) < 4.78 is 0. The molecule has 3 atom stereocenters. The van der Waals surface area contributed by atoms with Crippen molar-refractivity contribution in [2.24, 2.45) is 17.6 Å². The SMILES string of the molecule is CCC1CCCCC1C(N)Cc1ccsc1. The van der Waals surface area contributed by atoms with Gasteiger partial charge in [0.15, 0.2) is 0 Å². The van der Waals surface area contributed by atoms with E-state index < -0.39 is 0 Å². The van der Waals surface area contributed by atoms with Gasteiger partial charge in [0, 0.05) is 6.04 Å². The predicted molar refractivity (Wildman–Crippen MR) is 71.7 cm³/mol. The zero-order valence-electron chi connectivity index (χ0n) is 10.2. The van der Waals surface area contributed by atoms with Crippen molar-refractivity contribution in [3.8, 4) is 0 Å². The lowest BCUT2D eigenvalue weighted by Crippen LogP contribution is -2.38. The molecule has 3 unspecified atom stereocenters. The van der Waals surface area contributed by atoms with E-state index in [2.05, 4.69) is 23.8 Å². The summed E-state index contributed by atoms with van der Waals surface area (Å²) >= 11 is 1.78. The Balaban J connectivity index is 1.94. The molecule has 0 amide bonds. The number of hydrogen-bond donors (Lipinski definition) is 1. The molecule has 0 spiro atoms. The van der Waals surface area contributed by atoms with Crippen molar-refractivity contribution in [3.05, 3.63) is 22.4 Å². The quantitative estimate of drug-likeness (QED) is 0.846. The van der Waals surface area contributed by atoms with Gasteiger partial charge < -0.3 is 5.73 Å². The van der Waals surface area contributed by atoms with E-state index in [4.69, 9.17) is 5.73 Å². The minimum Gasteiger partial charge on any atom is -0.327 e. The molecule has 1 fully saturated rings. The maximum Gasteiger partial charge on any atom is 0.0111 e. The van der Waals surface area contributed by atoms with Gasteiger partial charge in [0.05, 0.1) is 0 Å². The first-order chi connectivity index (χ1) is 7.81. The van der Waals surface area contributed by atoms with Gasteiger partial charge in [-0.25, -0.2) is 0 Å². The maximum atomic E-state index is 6.41. The van der Waals surface area contributed by atoms with Crippen LogP contribution >= 0.6 is 11.3 Å². The first-order valence-electron chi connectivity index (χ1n) is 6.58. The van der Waals surface area contributed by atoms with Gasteiger partial charge in [-0.2, -0.15) is 11.3 Å². The second kappa shape index (κ2) is 5.83. The van der Waals surface area contributed by atoms with Crippen LogP contribution in [0.25, 0.3) is 0 Å². The average molecular weight is 237 g/mol. The third kappa shape index (κ3) is 2.86. The zero-order chi connectivity index (χ0) is 11.4. The van der Waals surface area contributed by atoms with Crippen LogP contribution in [-0.2, 0) is 6.42 Å². The van der Waals surface area contributed by atoms with E-state index in [1.54, 1.807) is 11.3 Å². The first kappa shape index (κ1) is 12.1. The zero-order valence-corrected chi connectivity index (χ0v) is 11.0. The lowest BCUT2D eigenvalue weighted by Gasteiger charge is -2.35. The van der Waals surface area contributed by atoms with Crippen LogP contribution in [0.1, 0.15) is 44.6 Å². The molecule has 2 heteroatoms. The van der Waals surface area contributed by atoms with Crippen molar-refractivity contribution in [2.75, 3.05) is 0 Å². The molecular weight excluding hydrogens is 214 g/mol. The maximum absolute atomic E-state index is 6.41. The smallest absolute Gasteiger partial charge is 0.0111 e. The summed E-state index contributed by atoms with van der Waals surface area (Å²) in [6, 6.07) is 2.59. The van der Waals surface area contributed by atoms with E-state index in [0.29, 0.717) is 6.04 Å². The van der Waals surface area contributed by atoms with Gasteiger partial charge in [-0.05, 0) is 47.1 Å². The van der Waals surface area contributed by atoms with E-state index in [1.165, 1.54) is 37.7 Å². The highest BCUT2D eigenvalue weighted by molar-refractivity contribution is 7.07. The Kier molecular flexibility index (Phi) is 4.42. The lowest BCUT2D eigenvalue weighted by molar-refractivity contribution is 0.195. The molecule has 90 valence electrons. The van der Waals surface area contributed by atoms with E-state index in [0.717, 1.165) is 18.3 Å². The molecule has 0 bridgehead atoms. The van der Waals surface area contributed by atoms with Crippen molar-refractivity contribution in [1.82, 2.24) is 0 Å². The fraction of sp³-hybridized carbons (Fsp3) is 0.714. The number of nitrogens with two attached hydrogens (primary N) is 1. The first-order valence-corrected chi connectivity index (χ1v) is 7.52. The lowest BCUT2D eigenvalue weighted by atomic mass is 9.73. The predicted octanol–water partition coefficient (Wildman–Crippen LogP) is 3.83. The minimum atomic E-state index is 0.375. The Morgan fingerprint density at radius 1 is 1.44 bits per heavy atom. The molecule has 2 N–H and O–H groups in total. The Hall–Kier alpha value is -0.340. The second-order valence-corrected chi connectivity index (χ2v) is 5.90. The molecule has 0 saturated heterocycles. The topological polar surface area (TPSA) is 26.0 Å². The molecule has 1 aliphatic carbocycles. The molecule has 16 heavy (non-hydrogen) atoms. The van der Waals surface area contributed by atoms with Gasteiger partial charge >= 0.3 is 0 Å². The van der Waals surface area contributed by atoms with Crippen molar-refractivity contribution in [1.29, 1.82) is 0 Å². The Labute approximate surface area is 103 Å². The molecule has 0 aromatic carbocycles. The monoisotopic (exact) mass is 237 g/mol. The Morgan fingerprint density at radius 2 is 2.25 bits per heavy atom. The van der Waals surface area contributed by atoms with Crippen LogP contribution in [-0.4, -0.2) is 6.04 Å². The van der Waals surface area contributed by atoms with E-state index in [9.17, 15) is 0 Å². The second-order valence-electron chi connectivity index (χ2n) is 5.12. The van der Waals surface area contributed by atoms with Crippen LogP contribution in [0.2, 0.25) is 0 Å². The van der Waals surface area contributed by atoms with Gasteiger partial charge in [-0.1, -0.05) is 32.6 Å². The summed E-state index contributed by atoms with van der Waals surface area (Å²) in [6.45, 7) is 2.32. The molecule has 1 heterocycles. The normalized spacial score (nSPS) is 27.9. The number of thiophene rings is 1. The van der Waals surface area contributed by atoms with Gasteiger partial charge in [0.2, 0.25) is 0 Å². The third-order valence-corrected chi connectivity index (χ3v) is 4.83. The highest BCUT2D eigenvalue weighted by atomic mass is 32.1. The number of hydrogen-bond acceptors (Lipinski definition) is 2. The molecule has 1 aromatic heterocycles. The van der Waals surface area contributed by atoms with E-state index >= 15 is 0 Å².